The highest BCUT2D eigenvalue weighted by Gasteiger charge is 2.13. The summed E-state index contributed by atoms with van der Waals surface area (Å²) in [4.78, 5) is 0. The summed E-state index contributed by atoms with van der Waals surface area (Å²) in [5, 5.41) is 30.2. The molecular weight excluding hydrogens is 228 g/mol. The average molecular weight is 242 g/mol. The van der Waals surface area contributed by atoms with Gasteiger partial charge in [0.15, 0.2) is 5.69 Å². The van der Waals surface area contributed by atoms with Crippen LogP contribution >= 0.6 is 0 Å². The third-order valence-electron chi connectivity index (χ3n) is 2.84. The van der Waals surface area contributed by atoms with Crippen LogP contribution in [0.5, 0.6) is 0 Å². The summed E-state index contributed by atoms with van der Waals surface area (Å²) in [6.07, 6.45) is 0.762. The second-order valence-corrected chi connectivity index (χ2v) is 3.98. The second kappa shape index (κ2) is 5.43. The Morgan fingerprint density at radius 1 is 1.39 bits per heavy atom. The highest BCUT2D eigenvalue weighted by atomic mass is 16.3. The molecule has 0 aliphatic heterocycles. The fourth-order valence-corrected chi connectivity index (χ4v) is 1.76. The van der Waals surface area contributed by atoms with Crippen LogP contribution in [-0.4, -0.2) is 28.0 Å². The maximum atomic E-state index is 9.24. The molecule has 18 heavy (non-hydrogen) atoms. The van der Waals surface area contributed by atoms with Crippen molar-refractivity contribution in [3.8, 4) is 6.07 Å². The molecule has 0 aliphatic rings. The lowest BCUT2D eigenvalue weighted by Gasteiger charge is -2.17. The molecule has 0 aliphatic carbocycles. The van der Waals surface area contributed by atoms with Crippen LogP contribution in [0.25, 0.3) is 10.9 Å². The Labute approximate surface area is 105 Å². The van der Waals surface area contributed by atoms with Crippen LogP contribution in [0.3, 0.4) is 0 Å². The number of rotatable bonds is 4. The van der Waals surface area contributed by atoms with Gasteiger partial charge in [-0.2, -0.15) is 5.26 Å². The lowest BCUT2D eigenvalue weighted by atomic mass is 10.1. The van der Waals surface area contributed by atoms with E-state index in [0.717, 1.165) is 17.3 Å². The predicted octanol–water partition coefficient (Wildman–Crippen LogP) is 1.68. The Kier molecular flexibility index (Phi) is 3.70. The molecule has 5 heteroatoms. The van der Waals surface area contributed by atoms with Crippen LogP contribution in [0.2, 0.25) is 0 Å². The first-order valence-corrected chi connectivity index (χ1v) is 5.83. The van der Waals surface area contributed by atoms with Crippen LogP contribution in [-0.2, 0) is 0 Å². The zero-order chi connectivity index (χ0) is 13.0. The zero-order valence-corrected chi connectivity index (χ0v) is 10.1. The lowest BCUT2D eigenvalue weighted by Crippen LogP contribution is -2.23. The topological polar surface area (TPSA) is 81.8 Å². The van der Waals surface area contributed by atoms with E-state index in [2.05, 4.69) is 15.5 Å². The summed E-state index contributed by atoms with van der Waals surface area (Å²) in [7, 11) is 0. The third kappa shape index (κ3) is 2.24. The number of anilines is 1. The molecule has 0 saturated heterocycles. The molecule has 0 fully saturated rings. The van der Waals surface area contributed by atoms with Crippen molar-refractivity contribution in [2.75, 3.05) is 11.9 Å². The van der Waals surface area contributed by atoms with Crippen molar-refractivity contribution >= 4 is 16.6 Å². The van der Waals surface area contributed by atoms with E-state index >= 15 is 0 Å². The van der Waals surface area contributed by atoms with Gasteiger partial charge in [-0.05, 0) is 12.5 Å². The predicted molar refractivity (Wildman–Crippen MR) is 69.0 cm³/mol. The Morgan fingerprint density at radius 3 is 2.83 bits per heavy atom. The van der Waals surface area contributed by atoms with Crippen LogP contribution in [0.1, 0.15) is 19.0 Å². The van der Waals surface area contributed by atoms with Gasteiger partial charge in [-0.15, -0.1) is 10.2 Å². The van der Waals surface area contributed by atoms with Gasteiger partial charge in [0.1, 0.15) is 6.07 Å². The SMILES string of the molecule is CCC(CO)Nc1c(C#N)nnc2ccccc12. The Bertz CT molecular complexity index is 587. The summed E-state index contributed by atoms with van der Waals surface area (Å²) in [5.74, 6) is 0. The summed E-state index contributed by atoms with van der Waals surface area (Å²) in [6, 6.07) is 9.42. The highest BCUT2D eigenvalue weighted by Crippen LogP contribution is 2.24. The fraction of sp³-hybridized carbons (Fsp3) is 0.308. The number of aliphatic hydroxyl groups excluding tert-OH is 1. The summed E-state index contributed by atoms with van der Waals surface area (Å²) in [5.41, 5.74) is 1.62. The highest BCUT2D eigenvalue weighted by molar-refractivity contribution is 5.92. The van der Waals surface area contributed by atoms with Gasteiger partial charge in [-0.25, -0.2) is 0 Å². The van der Waals surface area contributed by atoms with Gasteiger partial charge in [0, 0.05) is 11.4 Å². The number of aromatic nitrogens is 2. The third-order valence-corrected chi connectivity index (χ3v) is 2.84. The average Bonchev–Trinajstić information content (AvgIpc) is 2.44. The monoisotopic (exact) mass is 242 g/mol. The molecule has 0 amide bonds. The van der Waals surface area contributed by atoms with Crippen LogP contribution in [0, 0.1) is 11.3 Å². The second-order valence-electron chi connectivity index (χ2n) is 3.98. The van der Waals surface area contributed by atoms with Gasteiger partial charge in [0.2, 0.25) is 0 Å². The minimum atomic E-state index is -0.0929. The normalized spacial score (nSPS) is 12.1. The molecule has 2 rings (SSSR count). The molecular formula is C13H14N4O. The maximum absolute atomic E-state index is 9.24. The van der Waals surface area contributed by atoms with E-state index < -0.39 is 0 Å². The van der Waals surface area contributed by atoms with Crippen molar-refractivity contribution in [1.82, 2.24) is 10.2 Å². The lowest BCUT2D eigenvalue weighted by molar-refractivity contribution is 0.272. The molecule has 1 atom stereocenters. The maximum Gasteiger partial charge on any atom is 0.186 e. The van der Waals surface area contributed by atoms with E-state index in [4.69, 9.17) is 5.26 Å². The molecule has 0 radical (unpaired) electrons. The van der Waals surface area contributed by atoms with Crippen molar-refractivity contribution < 1.29 is 5.11 Å². The van der Waals surface area contributed by atoms with Gasteiger partial charge in [0.25, 0.3) is 0 Å². The molecule has 0 spiro atoms. The Balaban J connectivity index is 2.55. The molecule has 2 aromatic rings. The quantitative estimate of drug-likeness (QED) is 0.852. The number of aliphatic hydroxyl groups is 1. The molecule has 0 saturated carbocycles. The van der Waals surface area contributed by atoms with Crippen molar-refractivity contribution in [3.63, 3.8) is 0 Å². The number of benzene rings is 1. The number of nitriles is 1. The molecule has 0 bridgehead atoms. The Morgan fingerprint density at radius 2 is 2.17 bits per heavy atom. The van der Waals surface area contributed by atoms with E-state index in [0.29, 0.717) is 5.69 Å². The first-order valence-electron chi connectivity index (χ1n) is 5.83. The zero-order valence-electron chi connectivity index (χ0n) is 10.1. The van der Waals surface area contributed by atoms with Gasteiger partial charge in [-0.3, -0.25) is 0 Å². The summed E-state index contributed by atoms with van der Waals surface area (Å²) < 4.78 is 0. The molecule has 2 N–H and O–H groups in total. The first-order chi connectivity index (χ1) is 8.80. The van der Waals surface area contributed by atoms with Gasteiger partial charge in [-0.1, -0.05) is 25.1 Å². The van der Waals surface area contributed by atoms with Crippen molar-refractivity contribution in [2.45, 2.75) is 19.4 Å². The molecule has 5 nitrogen and oxygen atoms in total. The molecule has 1 aromatic heterocycles. The number of nitrogens with zero attached hydrogens (tertiary/aromatic N) is 3. The molecule has 1 aromatic carbocycles. The van der Waals surface area contributed by atoms with E-state index in [-0.39, 0.29) is 18.3 Å². The fourth-order valence-electron chi connectivity index (χ4n) is 1.76. The number of fused-ring (bicyclic) bond motifs is 1. The molecule has 92 valence electrons. The van der Waals surface area contributed by atoms with E-state index in [1.165, 1.54) is 0 Å². The van der Waals surface area contributed by atoms with Crippen molar-refractivity contribution in [1.29, 1.82) is 5.26 Å². The summed E-state index contributed by atoms with van der Waals surface area (Å²) in [6.45, 7) is 1.98. The summed E-state index contributed by atoms with van der Waals surface area (Å²) >= 11 is 0. The minimum absolute atomic E-state index is 0.0119. The minimum Gasteiger partial charge on any atom is -0.394 e. The standard InChI is InChI=1S/C13H14N4O/c1-2-9(8-18)15-13-10-5-3-4-6-11(10)16-17-12(13)7-14/h3-6,9,18H,2,8H2,1H3,(H,15,16). The largest absolute Gasteiger partial charge is 0.394 e. The smallest absolute Gasteiger partial charge is 0.186 e. The van der Waals surface area contributed by atoms with E-state index in [1.54, 1.807) is 0 Å². The van der Waals surface area contributed by atoms with Gasteiger partial charge < -0.3 is 10.4 Å². The van der Waals surface area contributed by atoms with Crippen LogP contribution in [0.15, 0.2) is 24.3 Å². The number of hydrogen-bond acceptors (Lipinski definition) is 5. The van der Waals surface area contributed by atoms with Crippen molar-refractivity contribution in [3.05, 3.63) is 30.0 Å². The number of nitrogens with one attached hydrogen (secondary N) is 1. The molecule has 1 unspecified atom stereocenters. The van der Waals surface area contributed by atoms with Crippen LogP contribution in [0.4, 0.5) is 5.69 Å². The molecule has 1 heterocycles. The van der Waals surface area contributed by atoms with Crippen LogP contribution < -0.4 is 5.32 Å². The van der Waals surface area contributed by atoms with Gasteiger partial charge >= 0.3 is 0 Å². The van der Waals surface area contributed by atoms with E-state index in [1.807, 2.05) is 37.3 Å². The first kappa shape index (κ1) is 12.3. The van der Waals surface area contributed by atoms with Gasteiger partial charge in [0.05, 0.1) is 17.8 Å². The van der Waals surface area contributed by atoms with E-state index in [9.17, 15) is 5.11 Å². The Hall–Kier alpha value is -2.19. The van der Waals surface area contributed by atoms with Crippen molar-refractivity contribution in [2.24, 2.45) is 0 Å². The number of hydrogen-bond donors (Lipinski definition) is 2.